The van der Waals surface area contributed by atoms with Crippen molar-refractivity contribution in [3.8, 4) is 0 Å². The molecule has 0 aliphatic heterocycles. The minimum absolute atomic E-state index is 0.118. The molecule has 0 spiro atoms. The molecule has 6 heteroatoms. The van der Waals surface area contributed by atoms with Crippen LogP contribution in [0.25, 0.3) is 0 Å². The van der Waals surface area contributed by atoms with Crippen molar-refractivity contribution in [2.24, 2.45) is 5.73 Å². The van der Waals surface area contributed by atoms with E-state index < -0.39 is 0 Å². The molecule has 1 heterocycles. The van der Waals surface area contributed by atoms with Crippen LogP contribution in [0.5, 0.6) is 0 Å². The Morgan fingerprint density at radius 3 is 2.71 bits per heavy atom. The van der Waals surface area contributed by atoms with Gasteiger partial charge in [-0.05, 0) is 12.8 Å². The van der Waals surface area contributed by atoms with Crippen molar-refractivity contribution in [2.75, 3.05) is 20.8 Å². The average molecular weight is 243 g/mol. The average Bonchev–Trinajstić information content (AvgIpc) is 2.82. The lowest BCUT2D eigenvalue weighted by Crippen LogP contribution is -2.13. The molecular weight excluding hydrogens is 222 g/mol. The zero-order chi connectivity index (χ0) is 12.7. The third-order valence-corrected chi connectivity index (χ3v) is 2.53. The van der Waals surface area contributed by atoms with Gasteiger partial charge in [-0.25, -0.2) is 0 Å². The third kappa shape index (κ3) is 4.07. The first-order valence-corrected chi connectivity index (χ1v) is 5.83. The Kier molecular flexibility index (Phi) is 6.10. The molecule has 0 bridgehead atoms. The van der Waals surface area contributed by atoms with E-state index in [-0.39, 0.29) is 12.1 Å². The van der Waals surface area contributed by atoms with E-state index in [2.05, 4.69) is 17.1 Å². The van der Waals surface area contributed by atoms with Crippen molar-refractivity contribution in [2.45, 2.75) is 38.3 Å². The van der Waals surface area contributed by atoms with Crippen LogP contribution < -0.4 is 5.73 Å². The molecule has 0 radical (unpaired) electrons. The summed E-state index contributed by atoms with van der Waals surface area (Å²) in [5.41, 5.74) is 5.89. The molecule has 0 aliphatic rings. The standard InChI is InChI=1S/C11H21N3O3/c1-4-5-9(16-3)10-13-11(17-14-10)8(12)6-7-15-2/h8-9H,4-7,12H2,1-3H3. The second-order valence-corrected chi connectivity index (χ2v) is 3.89. The van der Waals surface area contributed by atoms with Crippen molar-refractivity contribution in [1.29, 1.82) is 0 Å². The Morgan fingerprint density at radius 2 is 2.12 bits per heavy atom. The van der Waals surface area contributed by atoms with Gasteiger partial charge in [0.25, 0.3) is 0 Å². The molecule has 2 unspecified atom stereocenters. The molecular formula is C11H21N3O3. The second kappa shape index (κ2) is 7.37. The smallest absolute Gasteiger partial charge is 0.243 e. The fourth-order valence-corrected chi connectivity index (χ4v) is 1.51. The summed E-state index contributed by atoms with van der Waals surface area (Å²) in [6.07, 6.45) is 2.40. The van der Waals surface area contributed by atoms with Crippen molar-refractivity contribution in [3.63, 3.8) is 0 Å². The van der Waals surface area contributed by atoms with Gasteiger partial charge in [0.1, 0.15) is 6.10 Å². The normalized spacial score (nSPS) is 14.8. The zero-order valence-corrected chi connectivity index (χ0v) is 10.7. The van der Waals surface area contributed by atoms with Gasteiger partial charge in [0.2, 0.25) is 11.7 Å². The number of hydrogen-bond donors (Lipinski definition) is 1. The third-order valence-electron chi connectivity index (χ3n) is 2.53. The van der Waals surface area contributed by atoms with Gasteiger partial charge in [-0.1, -0.05) is 18.5 Å². The largest absolute Gasteiger partial charge is 0.385 e. The van der Waals surface area contributed by atoms with Gasteiger partial charge in [-0.15, -0.1) is 0 Å². The predicted molar refractivity (Wildman–Crippen MR) is 62.4 cm³/mol. The van der Waals surface area contributed by atoms with Gasteiger partial charge in [0.05, 0.1) is 6.04 Å². The van der Waals surface area contributed by atoms with Crippen LogP contribution in [-0.2, 0) is 9.47 Å². The molecule has 2 atom stereocenters. The number of aromatic nitrogens is 2. The molecule has 6 nitrogen and oxygen atoms in total. The molecule has 1 rings (SSSR count). The van der Waals surface area contributed by atoms with Crippen molar-refractivity contribution in [1.82, 2.24) is 10.1 Å². The van der Waals surface area contributed by atoms with E-state index in [1.165, 1.54) is 0 Å². The van der Waals surface area contributed by atoms with E-state index in [1.807, 2.05) is 0 Å². The first kappa shape index (κ1) is 14.1. The fourth-order valence-electron chi connectivity index (χ4n) is 1.51. The van der Waals surface area contributed by atoms with E-state index in [0.717, 1.165) is 12.8 Å². The van der Waals surface area contributed by atoms with E-state index in [9.17, 15) is 0 Å². The summed E-state index contributed by atoms with van der Waals surface area (Å²) in [6, 6.07) is -0.282. The Morgan fingerprint density at radius 1 is 1.35 bits per heavy atom. The molecule has 1 aromatic rings. The summed E-state index contributed by atoms with van der Waals surface area (Å²) in [4.78, 5) is 4.27. The summed E-state index contributed by atoms with van der Waals surface area (Å²) in [7, 11) is 3.27. The number of methoxy groups -OCH3 is 2. The summed E-state index contributed by atoms with van der Waals surface area (Å²) < 4.78 is 15.4. The lowest BCUT2D eigenvalue weighted by atomic mass is 10.2. The SMILES string of the molecule is CCCC(OC)c1noc(C(N)CCOC)n1. The van der Waals surface area contributed by atoms with Crippen LogP contribution in [0.15, 0.2) is 4.52 Å². The van der Waals surface area contributed by atoms with Gasteiger partial charge in [-0.2, -0.15) is 4.98 Å². The Bertz CT molecular complexity index is 317. The van der Waals surface area contributed by atoms with Gasteiger partial charge >= 0.3 is 0 Å². The summed E-state index contributed by atoms with van der Waals surface area (Å²) in [6.45, 7) is 2.65. The topological polar surface area (TPSA) is 83.4 Å². The summed E-state index contributed by atoms with van der Waals surface area (Å²) in [5, 5.41) is 3.90. The van der Waals surface area contributed by atoms with Gasteiger partial charge in [-0.3, -0.25) is 0 Å². The molecule has 2 N–H and O–H groups in total. The van der Waals surface area contributed by atoms with Crippen LogP contribution in [0.2, 0.25) is 0 Å². The first-order valence-electron chi connectivity index (χ1n) is 5.83. The van der Waals surface area contributed by atoms with Crippen LogP contribution in [0, 0.1) is 0 Å². The van der Waals surface area contributed by atoms with Crippen LogP contribution in [0.1, 0.15) is 50.0 Å². The minimum Gasteiger partial charge on any atom is -0.385 e. The van der Waals surface area contributed by atoms with Crippen molar-refractivity contribution < 1.29 is 14.0 Å². The number of nitrogens with two attached hydrogens (primary N) is 1. The highest BCUT2D eigenvalue weighted by Gasteiger charge is 2.20. The predicted octanol–water partition coefficient (Wildman–Crippen LogP) is 1.59. The van der Waals surface area contributed by atoms with Crippen LogP contribution >= 0.6 is 0 Å². The molecule has 17 heavy (non-hydrogen) atoms. The van der Waals surface area contributed by atoms with Gasteiger partial charge in [0, 0.05) is 20.8 Å². The molecule has 1 aromatic heterocycles. The number of hydrogen-bond acceptors (Lipinski definition) is 6. The molecule has 0 fully saturated rings. The highest BCUT2D eigenvalue weighted by Crippen LogP contribution is 2.21. The van der Waals surface area contributed by atoms with Crippen LogP contribution in [0.4, 0.5) is 0 Å². The quantitative estimate of drug-likeness (QED) is 0.746. The maximum Gasteiger partial charge on any atom is 0.243 e. The fraction of sp³-hybridized carbons (Fsp3) is 0.818. The monoisotopic (exact) mass is 243 g/mol. The molecule has 0 saturated heterocycles. The van der Waals surface area contributed by atoms with Crippen LogP contribution in [0.3, 0.4) is 0 Å². The summed E-state index contributed by atoms with van der Waals surface area (Å²) >= 11 is 0. The van der Waals surface area contributed by atoms with E-state index in [1.54, 1.807) is 14.2 Å². The molecule has 0 aromatic carbocycles. The second-order valence-electron chi connectivity index (χ2n) is 3.89. The molecule has 0 aliphatic carbocycles. The molecule has 0 saturated carbocycles. The maximum absolute atomic E-state index is 5.89. The minimum atomic E-state index is -0.282. The Hall–Kier alpha value is -0.980. The van der Waals surface area contributed by atoms with Crippen LogP contribution in [-0.4, -0.2) is 31.0 Å². The molecule has 98 valence electrons. The van der Waals surface area contributed by atoms with E-state index in [0.29, 0.717) is 24.7 Å². The number of ether oxygens (including phenoxy) is 2. The van der Waals surface area contributed by atoms with Gasteiger partial charge in [0.15, 0.2) is 0 Å². The van der Waals surface area contributed by atoms with E-state index in [4.69, 9.17) is 19.7 Å². The Labute approximate surface area is 101 Å². The van der Waals surface area contributed by atoms with Crippen molar-refractivity contribution in [3.05, 3.63) is 11.7 Å². The lowest BCUT2D eigenvalue weighted by Gasteiger charge is -2.08. The summed E-state index contributed by atoms with van der Waals surface area (Å²) in [5.74, 6) is 1.01. The van der Waals surface area contributed by atoms with E-state index >= 15 is 0 Å². The Balaban J connectivity index is 2.62. The first-order chi connectivity index (χ1) is 8.22. The van der Waals surface area contributed by atoms with Crippen molar-refractivity contribution >= 4 is 0 Å². The van der Waals surface area contributed by atoms with Gasteiger partial charge < -0.3 is 19.7 Å². The number of nitrogens with zero attached hydrogens (tertiary/aromatic N) is 2. The lowest BCUT2D eigenvalue weighted by molar-refractivity contribution is 0.0854. The number of rotatable bonds is 8. The highest BCUT2D eigenvalue weighted by atomic mass is 16.5. The zero-order valence-electron chi connectivity index (χ0n) is 10.7. The maximum atomic E-state index is 5.89. The highest BCUT2D eigenvalue weighted by molar-refractivity contribution is 4.95. The molecule has 0 amide bonds.